The predicted octanol–water partition coefficient (Wildman–Crippen LogP) is 5.63. The molecule has 1 atom stereocenters. The first-order chi connectivity index (χ1) is 14.6. The molecule has 3 rings (SSSR count). The van der Waals surface area contributed by atoms with Crippen molar-refractivity contribution < 1.29 is 9.32 Å². The van der Waals surface area contributed by atoms with E-state index in [-0.39, 0.29) is 11.9 Å². The minimum atomic E-state index is -0.167. The largest absolute Gasteiger partial charge is 0.355 e. The summed E-state index contributed by atoms with van der Waals surface area (Å²) in [7, 11) is 0. The summed E-state index contributed by atoms with van der Waals surface area (Å²) in [5.41, 5.74) is 2.72. The normalized spacial score (nSPS) is 16.0. The number of hydrogen-bond acceptors (Lipinski definition) is 4. The van der Waals surface area contributed by atoms with Crippen molar-refractivity contribution >= 4 is 5.91 Å². The molecule has 1 heterocycles. The molecule has 0 unspecified atom stereocenters. The highest BCUT2D eigenvalue weighted by Crippen LogP contribution is 2.33. The molecule has 0 spiro atoms. The van der Waals surface area contributed by atoms with Gasteiger partial charge in [-0.2, -0.15) is 0 Å². The fourth-order valence-corrected chi connectivity index (χ4v) is 4.40. The molecule has 1 aromatic carbocycles. The van der Waals surface area contributed by atoms with Gasteiger partial charge in [0, 0.05) is 17.7 Å². The van der Waals surface area contributed by atoms with E-state index in [0.717, 1.165) is 38.0 Å². The lowest BCUT2D eigenvalue weighted by Crippen LogP contribution is -2.33. The molecule has 0 saturated heterocycles. The van der Waals surface area contributed by atoms with Crippen LogP contribution in [0.4, 0.5) is 0 Å². The summed E-state index contributed by atoms with van der Waals surface area (Å²) in [6, 6.07) is 10.4. The molecular weight excluding hydrogens is 374 g/mol. The molecule has 164 valence electrons. The molecule has 1 amide bonds. The lowest BCUT2D eigenvalue weighted by Gasteiger charge is -2.21. The van der Waals surface area contributed by atoms with E-state index < -0.39 is 0 Å². The second-order valence-electron chi connectivity index (χ2n) is 8.58. The third-order valence-electron chi connectivity index (χ3n) is 6.40. The zero-order chi connectivity index (χ0) is 21.3. The van der Waals surface area contributed by atoms with Crippen molar-refractivity contribution in [3.05, 3.63) is 41.6 Å². The molecular formula is C25H37N3O2. The van der Waals surface area contributed by atoms with Crippen LogP contribution in [0, 0.1) is 0 Å². The Bertz CT molecular complexity index is 774. The third kappa shape index (κ3) is 6.18. The summed E-state index contributed by atoms with van der Waals surface area (Å²) in [6.07, 6.45) is 8.64. The minimum Gasteiger partial charge on any atom is -0.355 e. The van der Waals surface area contributed by atoms with Gasteiger partial charge >= 0.3 is 0 Å². The highest BCUT2D eigenvalue weighted by atomic mass is 16.5. The molecule has 30 heavy (non-hydrogen) atoms. The maximum Gasteiger partial charge on any atom is 0.273 e. The van der Waals surface area contributed by atoms with Crippen LogP contribution in [0.3, 0.4) is 0 Å². The second kappa shape index (κ2) is 11.3. The fraction of sp³-hybridized carbons (Fsp3) is 0.600. The standard InChI is InChI=1S/C25H37N3O2/c1-4-28(5-2)17-9-10-19(3)26-25(29)23-18-24(30-27-23)22-15-13-21(14-16-22)20-11-7-6-8-12-20/h13-16,18-20H,4-12,17H2,1-3H3,(H,26,29)/t19-/m0/s1. The van der Waals surface area contributed by atoms with Gasteiger partial charge in [0.05, 0.1) is 0 Å². The van der Waals surface area contributed by atoms with Gasteiger partial charge in [-0.05, 0) is 63.7 Å². The van der Waals surface area contributed by atoms with E-state index in [0.29, 0.717) is 17.4 Å². The zero-order valence-corrected chi connectivity index (χ0v) is 18.8. The molecule has 1 fully saturated rings. The molecule has 0 aliphatic heterocycles. The number of hydrogen-bond donors (Lipinski definition) is 1. The predicted molar refractivity (Wildman–Crippen MR) is 122 cm³/mol. The first-order valence-electron chi connectivity index (χ1n) is 11.7. The number of carbonyl (C=O) groups is 1. The Morgan fingerprint density at radius 3 is 2.53 bits per heavy atom. The third-order valence-corrected chi connectivity index (χ3v) is 6.40. The van der Waals surface area contributed by atoms with Crippen LogP contribution in [0.2, 0.25) is 0 Å². The number of amides is 1. The van der Waals surface area contributed by atoms with Crippen LogP contribution < -0.4 is 5.32 Å². The Kier molecular flexibility index (Phi) is 8.50. The molecule has 5 heteroatoms. The first kappa shape index (κ1) is 22.5. The van der Waals surface area contributed by atoms with Crippen molar-refractivity contribution in [1.29, 1.82) is 0 Å². The van der Waals surface area contributed by atoms with Crippen LogP contribution >= 0.6 is 0 Å². The second-order valence-corrected chi connectivity index (χ2v) is 8.58. The average molecular weight is 412 g/mol. The summed E-state index contributed by atoms with van der Waals surface area (Å²) in [5.74, 6) is 1.16. The Morgan fingerprint density at radius 2 is 1.87 bits per heavy atom. The molecule has 1 aliphatic rings. The Balaban J connectivity index is 1.51. The quantitative estimate of drug-likeness (QED) is 0.550. The number of nitrogens with one attached hydrogen (secondary N) is 1. The molecule has 2 aromatic rings. The molecule has 1 aromatic heterocycles. The smallest absolute Gasteiger partial charge is 0.273 e. The lowest BCUT2D eigenvalue weighted by molar-refractivity contribution is 0.0928. The molecule has 0 radical (unpaired) electrons. The number of nitrogens with zero attached hydrogens (tertiary/aromatic N) is 2. The monoisotopic (exact) mass is 411 g/mol. The highest BCUT2D eigenvalue weighted by molar-refractivity contribution is 5.93. The maximum absolute atomic E-state index is 12.5. The SMILES string of the molecule is CCN(CC)CCC[C@H](C)NC(=O)c1cc(-c2ccc(C3CCCCC3)cc2)on1. The minimum absolute atomic E-state index is 0.114. The Labute approximate surface area is 181 Å². The summed E-state index contributed by atoms with van der Waals surface area (Å²) < 4.78 is 5.46. The summed E-state index contributed by atoms with van der Waals surface area (Å²) in [5, 5.41) is 7.04. The van der Waals surface area contributed by atoms with Crippen LogP contribution in [0.5, 0.6) is 0 Å². The Morgan fingerprint density at radius 1 is 1.17 bits per heavy atom. The Hall–Kier alpha value is -2.14. The summed E-state index contributed by atoms with van der Waals surface area (Å²) in [4.78, 5) is 14.9. The fourth-order valence-electron chi connectivity index (χ4n) is 4.40. The van der Waals surface area contributed by atoms with Crippen molar-refractivity contribution in [3.8, 4) is 11.3 Å². The number of aromatic nitrogens is 1. The van der Waals surface area contributed by atoms with E-state index in [4.69, 9.17) is 4.52 Å². The average Bonchev–Trinajstić information content (AvgIpc) is 3.28. The van der Waals surface area contributed by atoms with Crippen LogP contribution in [-0.4, -0.2) is 41.6 Å². The number of benzene rings is 1. The van der Waals surface area contributed by atoms with Gasteiger partial charge in [0.15, 0.2) is 11.5 Å². The zero-order valence-electron chi connectivity index (χ0n) is 18.8. The van der Waals surface area contributed by atoms with E-state index in [1.807, 2.05) is 6.92 Å². The van der Waals surface area contributed by atoms with Crippen molar-refractivity contribution in [2.75, 3.05) is 19.6 Å². The van der Waals surface area contributed by atoms with Gasteiger partial charge in [-0.1, -0.05) is 62.5 Å². The first-order valence-corrected chi connectivity index (χ1v) is 11.7. The molecule has 1 N–H and O–H groups in total. The summed E-state index contributed by atoms with van der Waals surface area (Å²) in [6.45, 7) is 9.62. The van der Waals surface area contributed by atoms with E-state index >= 15 is 0 Å². The van der Waals surface area contributed by atoms with E-state index in [9.17, 15) is 4.79 Å². The van der Waals surface area contributed by atoms with Crippen molar-refractivity contribution in [2.45, 2.75) is 77.7 Å². The van der Waals surface area contributed by atoms with Gasteiger partial charge in [0.1, 0.15) is 0 Å². The van der Waals surface area contributed by atoms with Crippen molar-refractivity contribution in [2.24, 2.45) is 0 Å². The summed E-state index contributed by atoms with van der Waals surface area (Å²) >= 11 is 0. The number of carbonyl (C=O) groups excluding carboxylic acids is 1. The van der Waals surface area contributed by atoms with Gasteiger partial charge in [-0.15, -0.1) is 0 Å². The topological polar surface area (TPSA) is 58.4 Å². The van der Waals surface area contributed by atoms with Gasteiger partial charge in [0.2, 0.25) is 0 Å². The van der Waals surface area contributed by atoms with Crippen LogP contribution in [0.15, 0.2) is 34.9 Å². The van der Waals surface area contributed by atoms with Crippen LogP contribution in [-0.2, 0) is 0 Å². The van der Waals surface area contributed by atoms with Crippen molar-refractivity contribution in [1.82, 2.24) is 15.4 Å². The number of rotatable bonds is 10. The molecule has 1 saturated carbocycles. The van der Waals surface area contributed by atoms with Gasteiger partial charge < -0.3 is 14.7 Å². The van der Waals surface area contributed by atoms with E-state index in [2.05, 4.69) is 53.5 Å². The van der Waals surface area contributed by atoms with Crippen molar-refractivity contribution in [3.63, 3.8) is 0 Å². The molecule has 1 aliphatic carbocycles. The van der Waals surface area contributed by atoms with Crippen LogP contribution in [0.25, 0.3) is 11.3 Å². The van der Waals surface area contributed by atoms with E-state index in [1.165, 1.54) is 37.7 Å². The van der Waals surface area contributed by atoms with Gasteiger partial charge in [0.25, 0.3) is 5.91 Å². The van der Waals surface area contributed by atoms with Crippen LogP contribution in [0.1, 0.15) is 87.7 Å². The molecule has 0 bridgehead atoms. The lowest BCUT2D eigenvalue weighted by atomic mass is 9.84. The van der Waals surface area contributed by atoms with E-state index in [1.54, 1.807) is 6.07 Å². The molecule has 5 nitrogen and oxygen atoms in total. The highest BCUT2D eigenvalue weighted by Gasteiger charge is 2.18. The van der Waals surface area contributed by atoms with Gasteiger partial charge in [-0.3, -0.25) is 4.79 Å². The maximum atomic E-state index is 12.5. The van der Waals surface area contributed by atoms with Gasteiger partial charge in [-0.25, -0.2) is 0 Å².